The van der Waals surface area contributed by atoms with Crippen LogP contribution in [0.15, 0.2) is 30.6 Å². The topological polar surface area (TPSA) is 28.7 Å². The fraction of sp³-hybridized carbons (Fsp3) is 0.0909. The van der Waals surface area contributed by atoms with Gasteiger partial charge in [0.25, 0.3) is 0 Å². The van der Waals surface area contributed by atoms with E-state index in [9.17, 15) is 4.39 Å². The monoisotopic (exact) mass is 220 g/mol. The first-order chi connectivity index (χ1) is 7.16. The summed E-state index contributed by atoms with van der Waals surface area (Å²) in [5, 5.41) is 0. The summed E-state index contributed by atoms with van der Waals surface area (Å²) in [6, 6.07) is 6.60. The summed E-state index contributed by atoms with van der Waals surface area (Å²) in [6.45, 7) is 1.92. The van der Waals surface area contributed by atoms with Crippen LogP contribution in [-0.4, -0.2) is 9.97 Å². The molecule has 2 aromatic rings. The van der Waals surface area contributed by atoms with Crippen LogP contribution in [0, 0.1) is 17.4 Å². The average molecular weight is 220 g/mol. The van der Waals surface area contributed by atoms with Crippen molar-refractivity contribution >= 4 is 12.2 Å². The van der Waals surface area contributed by atoms with E-state index in [1.165, 1.54) is 12.4 Å². The first-order valence-electron chi connectivity index (χ1n) is 4.48. The van der Waals surface area contributed by atoms with Gasteiger partial charge in [-0.15, -0.1) is 0 Å². The Bertz CT molecular complexity index is 548. The molecule has 4 heteroatoms. The van der Waals surface area contributed by atoms with Crippen LogP contribution in [0.5, 0.6) is 0 Å². The van der Waals surface area contributed by atoms with Gasteiger partial charge in [0, 0.05) is 5.56 Å². The van der Waals surface area contributed by atoms with Crippen molar-refractivity contribution in [3.05, 3.63) is 46.6 Å². The lowest BCUT2D eigenvalue weighted by molar-refractivity contribution is 0.630. The molecule has 2 rings (SSSR count). The molecule has 0 atom stereocenters. The summed E-state index contributed by atoms with van der Waals surface area (Å²) >= 11 is 4.92. The zero-order valence-corrected chi connectivity index (χ0v) is 8.94. The number of aromatic nitrogens is 2. The summed E-state index contributed by atoms with van der Waals surface area (Å²) < 4.78 is 14.0. The molecule has 76 valence electrons. The zero-order valence-electron chi connectivity index (χ0n) is 8.12. The molecule has 0 spiro atoms. The molecule has 0 amide bonds. The summed E-state index contributed by atoms with van der Waals surface area (Å²) in [4.78, 5) is 6.73. The van der Waals surface area contributed by atoms with E-state index in [2.05, 4.69) is 9.97 Å². The molecular formula is C11H9FN2S. The Hall–Kier alpha value is -1.55. The number of H-pyrrole nitrogens is 1. The molecular weight excluding hydrogens is 211 g/mol. The first kappa shape index (κ1) is 9.98. The van der Waals surface area contributed by atoms with Crippen LogP contribution in [-0.2, 0) is 0 Å². The smallest absolute Gasteiger partial charge is 0.132 e. The van der Waals surface area contributed by atoms with Crippen molar-refractivity contribution in [2.24, 2.45) is 0 Å². The largest absolute Gasteiger partial charge is 0.346 e. The van der Waals surface area contributed by atoms with Gasteiger partial charge in [0.05, 0.1) is 12.0 Å². The number of hydrogen-bond donors (Lipinski definition) is 1. The van der Waals surface area contributed by atoms with Crippen LogP contribution in [0.4, 0.5) is 4.39 Å². The van der Waals surface area contributed by atoms with Gasteiger partial charge < -0.3 is 4.98 Å². The lowest BCUT2D eigenvalue weighted by Gasteiger charge is -2.04. The maximum Gasteiger partial charge on any atom is 0.132 e. The van der Waals surface area contributed by atoms with Gasteiger partial charge in [0.1, 0.15) is 10.5 Å². The summed E-state index contributed by atoms with van der Waals surface area (Å²) in [6.07, 6.45) is 1.47. The van der Waals surface area contributed by atoms with Crippen molar-refractivity contribution in [2.45, 2.75) is 6.92 Å². The van der Waals surface area contributed by atoms with Gasteiger partial charge in [-0.3, -0.25) is 0 Å². The van der Waals surface area contributed by atoms with E-state index in [4.69, 9.17) is 12.2 Å². The van der Waals surface area contributed by atoms with Gasteiger partial charge >= 0.3 is 0 Å². The number of aromatic amines is 1. The Balaban J connectivity index is 2.63. The highest BCUT2D eigenvalue weighted by molar-refractivity contribution is 7.71. The molecule has 1 N–H and O–H groups in total. The molecule has 2 nitrogen and oxygen atoms in total. The molecule has 15 heavy (non-hydrogen) atoms. The summed E-state index contributed by atoms with van der Waals surface area (Å²) in [5.41, 5.74) is 2.17. The Morgan fingerprint density at radius 3 is 2.87 bits per heavy atom. The second-order valence-electron chi connectivity index (χ2n) is 3.28. The molecule has 0 aliphatic carbocycles. The molecule has 0 fully saturated rings. The van der Waals surface area contributed by atoms with Gasteiger partial charge in [-0.25, -0.2) is 9.37 Å². The van der Waals surface area contributed by atoms with E-state index < -0.39 is 0 Å². The number of nitrogens with zero attached hydrogens (tertiary/aromatic N) is 1. The van der Waals surface area contributed by atoms with Crippen molar-refractivity contribution in [1.29, 1.82) is 0 Å². The van der Waals surface area contributed by atoms with Crippen molar-refractivity contribution in [3.8, 4) is 11.3 Å². The molecule has 1 aromatic carbocycles. The van der Waals surface area contributed by atoms with E-state index in [-0.39, 0.29) is 5.82 Å². The first-order valence-corrected chi connectivity index (χ1v) is 4.89. The number of hydrogen-bond acceptors (Lipinski definition) is 2. The number of benzene rings is 1. The van der Waals surface area contributed by atoms with Crippen LogP contribution >= 0.6 is 12.2 Å². The van der Waals surface area contributed by atoms with Crippen molar-refractivity contribution in [2.75, 3.05) is 0 Å². The Morgan fingerprint density at radius 1 is 1.33 bits per heavy atom. The lowest BCUT2D eigenvalue weighted by atomic mass is 10.1. The van der Waals surface area contributed by atoms with Crippen molar-refractivity contribution in [3.63, 3.8) is 0 Å². The van der Waals surface area contributed by atoms with Crippen LogP contribution in [0.1, 0.15) is 5.56 Å². The van der Waals surface area contributed by atoms with Gasteiger partial charge in [-0.1, -0.05) is 23.8 Å². The fourth-order valence-electron chi connectivity index (χ4n) is 1.37. The molecule has 0 saturated carbocycles. The Labute approximate surface area is 91.8 Å². The van der Waals surface area contributed by atoms with E-state index in [1.807, 2.05) is 6.92 Å². The minimum atomic E-state index is -0.266. The maximum atomic E-state index is 13.5. The molecule has 0 unspecified atom stereocenters. The summed E-state index contributed by atoms with van der Waals surface area (Å²) in [5.74, 6) is -0.266. The highest BCUT2D eigenvalue weighted by Gasteiger charge is 2.05. The standard InChI is InChI=1S/C11H9FN2S/c1-7-2-3-9(12)8(4-7)10-5-11(15)14-6-13-10/h2-6H,1H3,(H,13,14,15). The number of halogens is 1. The predicted molar refractivity (Wildman–Crippen MR) is 59.6 cm³/mol. The van der Waals surface area contributed by atoms with Gasteiger partial charge in [0.2, 0.25) is 0 Å². The normalized spacial score (nSPS) is 10.3. The molecule has 0 aliphatic heterocycles. The van der Waals surface area contributed by atoms with E-state index >= 15 is 0 Å². The average Bonchev–Trinajstić information content (AvgIpc) is 2.22. The minimum Gasteiger partial charge on any atom is -0.346 e. The maximum absolute atomic E-state index is 13.5. The highest BCUT2D eigenvalue weighted by atomic mass is 32.1. The van der Waals surface area contributed by atoms with E-state index in [0.29, 0.717) is 15.9 Å². The van der Waals surface area contributed by atoms with Crippen LogP contribution in [0.3, 0.4) is 0 Å². The quantitative estimate of drug-likeness (QED) is 0.747. The Kier molecular flexibility index (Phi) is 2.60. The van der Waals surface area contributed by atoms with E-state index in [0.717, 1.165) is 5.56 Å². The molecule has 0 aliphatic rings. The zero-order chi connectivity index (χ0) is 10.8. The minimum absolute atomic E-state index is 0.266. The van der Waals surface area contributed by atoms with Gasteiger partial charge in [0.15, 0.2) is 0 Å². The predicted octanol–water partition coefficient (Wildman–Crippen LogP) is 3.25. The molecule has 0 radical (unpaired) electrons. The van der Waals surface area contributed by atoms with Crippen LogP contribution in [0.2, 0.25) is 0 Å². The van der Waals surface area contributed by atoms with E-state index in [1.54, 1.807) is 18.2 Å². The third kappa shape index (κ3) is 2.10. The number of nitrogens with one attached hydrogen (secondary N) is 1. The van der Waals surface area contributed by atoms with Crippen molar-refractivity contribution < 1.29 is 4.39 Å². The van der Waals surface area contributed by atoms with Crippen LogP contribution < -0.4 is 0 Å². The van der Waals surface area contributed by atoms with Crippen molar-refractivity contribution in [1.82, 2.24) is 9.97 Å². The third-order valence-corrected chi connectivity index (χ3v) is 2.31. The molecule has 0 saturated heterocycles. The highest BCUT2D eigenvalue weighted by Crippen LogP contribution is 2.21. The Morgan fingerprint density at radius 2 is 2.13 bits per heavy atom. The summed E-state index contributed by atoms with van der Waals surface area (Å²) in [7, 11) is 0. The molecule has 1 heterocycles. The van der Waals surface area contributed by atoms with Crippen LogP contribution in [0.25, 0.3) is 11.3 Å². The molecule has 1 aromatic heterocycles. The second kappa shape index (κ2) is 3.90. The van der Waals surface area contributed by atoms with Gasteiger partial charge in [-0.05, 0) is 25.1 Å². The molecule has 0 bridgehead atoms. The third-order valence-electron chi connectivity index (χ3n) is 2.09. The lowest BCUT2D eigenvalue weighted by Crippen LogP contribution is -1.90. The van der Waals surface area contributed by atoms with Gasteiger partial charge in [-0.2, -0.15) is 0 Å². The fourth-order valence-corrected chi connectivity index (χ4v) is 1.54. The second-order valence-corrected chi connectivity index (χ2v) is 3.70. The SMILES string of the molecule is Cc1ccc(F)c(-c2cc(=S)nc[nH]2)c1. The number of rotatable bonds is 1. The number of aryl methyl sites for hydroxylation is 1.